The van der Waals surface area contributed by atoms with E-state index in [2.05, 4.69) is 27.8 Å². The van der Waals surface area contributed by atoms with E-state index in [1.807, 2.05) is 0 Å². The smallest absolute Gasteiger partial charge is 0.228 e. The zero-order valence-electron chi connectivity index (χ0n) is 10.9. The van der Waals surface area contributed by atoms with Crippen LogP contribution in [0.4, 0.5) is 0 Å². The lowest BCUT2D eigenvalue weighted by Crippen LogP contribution is -2.47. The van der Waals surface area contributed by atoms with Gasteiger partial charge in [0.05, 0.1) is 0 Å². The number of carbonyl (C=O) groups is 1. The van der Waals surface area contributed by atoms with Gasteiger partial charge in [-0.15, -0.1) is 0 Å². The average molecular weight is 302 g/mol. The SMILES string of the molecule is CC1(C(=O)N2CCC(CBr)CC2)CCCCC1. The summed E-state index contributed by atoms with van der Waals surface area (Å²) in [7, 11) is 0. The quantitative estimate of drug-likeness (QED) is 0.714. The van der Waals surface area contributed by atoms with Crippen molar-refractivity contribution in [2.45, 2.75) is 51.9 Å². The number of hydrogen-bond donors (Lipinski definition) is 0. The van der Waals surface area contributed by atoms with Crippen LogP contribution < -0.4 is 0 Å². The summed E-state index contributed by atoms with van der Waals surface area (Å²) in [5.41, 5.74) is -0.0422. The van der Waals surface area contributed by atoms with Gasteiger partial charge in [0.1, 0.15) is 0 Å². The number of alkyl halides is 1. The molecule has 1 aliphatic heterocycles. The molecule has 0 spiro atoms. The van der Waals surface area contributed by atoms with Gasteiger partial charge in [0, 0.05) is 23.8 Å². The maximum absolute atomic E-state index is 12.6. The summed E-state index contributed by atoms with van der Waals surface area (Å²) < 4.78 is 0. The number of carbonyl (C=O) groups excluding carboxylic acids is 1. The minimum absolute atomic E-state index is 0.0422. The second-order valence-electron chi connectivity index (χ2n) is 6.01. The van der Waals surface area contributed by atoms with E-state index >= 15 is 0 Å². The Morgan fingerprint density at radius 1 is 1.24 bits per heavy atom. The van der Waals surface area contributed by atoms with Crippen molar-refractivity contribution in [1.82, 2.24) is 4.90 Å². The molecular formula is C14H24BrNO. The van der Waals surface area contributed by atoms with Gasteiger partial charge in [0.15, 0.2) is 0 Å². The van der Waals surface area contributed by atoms with Gasteiger partial charge in [-0.2, -0.15) is 0 Å². The van der Waals surface area contributed by atoms with Crippen molar-refractivity contribution < 1.29 is 4.79 Å². The number of rotatable bonds is 2. The van der Waals surface area contributed by atoms with Crippen LogP contribution in [0.2, 0.25) is 0 Å². The molecule has 0 aromatic carbocycles. The molecule has 0 atom stereocenters. The first-order chi connectivity index (χ1) is 8.15. The molecule has 98 valence electrons. The lowest BCUT2D eigenvalue weighted by atomic mass is 9.74. The fraction of sp³-hybridized carbons (Fsp3) is 0.929. The number of nitrogens with zero attached hydrogens (tertiary/aromatic N) is 1. The van der Waals surface area contributed by atoms with Gasteiger partial charge >= 0.3 is 0 Å². The molecule has 0 aromatic rings. The van der Waals surface area contributed by atoms with Crippen LogP contribution in [0.5, 0.6) is 0 Å². The Bertz CT molecular complexity index is 265. The molecule has 2 rings (SSSR count). The predicted octanol–water partition coefficient (Wildman–Crippen LogP) is 3.59. The second-order valence-corrected chi connectivity index (χ2v) is 6.66. The molecule has 1 aliphatic carbocycles. The molecule has 17 heavy (non-hydrogen) atoms. The molecule has 0 aromatic heterocycles. The standard InChI is InChI=1S/C14H24BrNO/c1-14(7-3-2-4-8-14)13(17)16-9-5-12(11-15)6-10-16/h12H,2-11H2,1H3. The highest BCUT2D eigenvalue weighted by atomic mass is 79.9. The van der Waals surface area contributed by atoms with E-state index in [1.54, 1.807) is 0 Å². The number of piperidine rings is 1. The van der Waals surface area contributed by atoms with Gasteiger partial charge in [0.25, 0.3) is 0 Å². The van der Waals surface area contributed by atoms with E-state index in [4.69, 9.17) is 0 Å². The third kappa shape index (κ3) is 3.04. The molecule has 0 unspecified atom stereocenters. The van der Waals surface area contributed by atoms with Crippen LogP contribution in [0.25, 0.3) is 0 Å². The molecule has 1 saturated heterocycles. The first-order valence-electron chi connectivity index (χ1n) is 7.01. The van der Waals surface area contributed by atoms with E-state index in [-0.39, 0.29) is 5.41 Å². The molecule has 0 N–H and O–H groups in total. The molecule has 2 aliphatic rings. The largest absolute Gasteiger partial charge is 0.342 e. The number of halogens is 1. The lowest BCUT2D eigenvalue weighted by Gasteiger charge is -2.40. The normalized spacial score (nSPS) is 25.9. The van der Waals surface area contributed by atoms with Crippen molar-refractivity contribution >= 4 is 21.8 Å². The van der Waals surface area contributed by atoms with Gasteiger partial charge in [-0.1, -0.05) is 42.1 Å². The van der Waals surface area contributed by atoms with E-state index in [1.165, 1.54) is 32.1 Å². The predicted molar refractivity (Wildman–Crippen MR) is 74.3 cm³/mol. The average Bonchev–Trinajstić information content (AvgIpc) is 2.39. The molecule has 1 amide bonds. The third-order valence-corrected chi connectivity index (χ3v) is 5.51. The molecule has 1 heterocycles. The molecule has 0 radical (unpaired) electrons. The molecule has 1 saturated carbocycles. The minimum Gasteiger partial charge on any atom is -0.342 e. The molecule has 2 fully saturated rings. The van der Waals surface area contributed by atoms with Crippen LogP contribution in [0.3, 0.4) is 0 Å². The van der Waals surface area contributed by atoms with Gasteiger partial charge in [-0.3, -0.25) is 4.79 Å². The van der Waals surface area contributed by atoms with Crippen LogP contribution >= 0.6 is 15.9 Å². The van der Waals surface area contributed by atoms with Crippen molar-refractivity contribution in [3.8, 4) is 0 Å². The van der Waals surface area contributed by atoms with Crippen LogP contribution in [-0.4, -0.2) is 29.2 Å². The lowest BCUT2D eigenvalue weighted by molar-refractivity contribution is -0.144. The molecule has 2 nitrogen and oxygen atoms in total. The van der Waals surface area contributed by atoms with Crippen molar-refractivity contribution in [1.29, 1.82) is 0 Å². The topological polar surface area (TPSA) is 20.3 Å². The Balaban J connectivity index is 1.91. The Morgan fingerprint density at radius 3 is 2.35 bits per heavy atom. The Morgan fingerprint density at radius 2 is 1.82 bits per heavy atom. The summed E-state index contributed by atoms with van der Waals surface area (Å²) in [4.78, 5) is 14.7. The number of hydrogen-bond acceptors (Lipinski definition) is 1. The van der Waals surface area contributed by atoms with Gasteiger partial charge < -0.3 is 4.90 Å². The third-order valence-electron chi connectivity index (χ3n) is 4.59. The summed E-state index contributed by atoms with van der Waals surface area (Å²) in [6.07, 6.45) is 8.34. The summed E-state index contributed by atoms with van der Waals surface area (Å²) in [6, 6.07) is 0. The molecule has 0 bridgehead atoms. The Labute approximate surface area is 113 Å². The maximum Gasteiger partial charge on any atom is 0.228 e. The van der Waals surface area contributed by atoms with Crippen molar-refractivity contribution in [3.05, 3.63) is 0 Å². The van der Waals surface area contributed by atoms with Crippen molar-refractivity contribution in [2.24, 2.45) is 11.3 Å². The maximum atomic E-state index is 12.6. The molecule has 3 heteroatoms. The minimum atomic E-state index is -0.0422. The fourth-order valence-electron chi connectivity index (χ4n) is 3.22. The highest BCUT2D eigenvalue weighted by Gasteiger charge is 2.38. The fourth-order valence-corrected chi connectivity index (χ4v) is 3.87. The van der Waals surface area contributed by atoms with Gasteiger partial charge in [-0.05, 0) is 31.6 Å². The Kier molecular flexibility index (Phi) is 4.51. The highest BCUT2D eigenvalue weighted by molar-refractivity contribution is 9.09. The van der Waals surface area contributed by atoms with Crippen LogP contribution in [0.1, 0.15) is 51.9 Å². The van der Waals surface area contributed by atoms with Gasteiger partial charge in [-0.25, -0.2) is 0 Å². The van der Waals surface area contributed by atoms with Crippen LogP contribution in [-0.2, 0) is 4.79 Å². The van der Waals surface area contributed by atoms with E-state index < -0.39 is 0 Å². The first kappa shape index (κ1) is 13.4. The van der Waals surface area contributed by atoms with Crippen LogP contribution in [0, 0.1) is 11.3 Å². The summed E-state index contributed by atoms with van der Waals surface area (Å²) in [5, 5.41) is 1.09. The van der Waals surface area contributed by atoms with Crippen LogP contribution in [0.15, 0.2) is 0 Å². The van der Waals surface area contributed by atoms with Crippen molar-refractivity contribution in [3.63, 3.8) is 0 Å². The van der Waals surface area contributed by atoms with Gasteiger partial charge in [0.2, 0.25) is 5.91 Å². The van der Waals surface area contributed by atoms with Crippen molar-refractivity contribution in [2.75, 3.05) is 18.4 Å². The van der Waals surface area contributed by atoms with E-state index in [0.717, 1.165) is 37.2 Å². The first-order valence-corrected chi connectivity index (χ1v) is 8.13. The monoisotopic (exact) mass is 301 g/mol. The zero-order valence-corrected chi connectivity index (χ0v) is 12.5. The molecular weight excluding hydrogens is 278 g/mol. The van der Waals surface area contributed by atoms with E-state index in [9.17, 15) is 4.79 Å². The second kappa shape index (κ2) is 5.73. The summed E-state index contributed by atoms with van der Waals surface area (Å²) in [6.45, 7) is 4.14. The summed E-state index contributed by atoms with van der Waals surface area (Å²) in [5.74, 6) is 1.21. The number of amides is 1. The Hall–Kier alpha value is -0.0500. The zero-order chi connectivity index (χ0) is 12.3. The number of likely N-dealkylation sites (tertiary alicyclic amines) is 1. The summed E-state index contributed by atoms with van der Waals surface area (Å²) >= 11 is 3.55. The highest BCUT2D eigenvalue weighted by Crippen LogP contribution is 2.38. The van der Waals surface area contributed by atoms with E-state index in [0.29, 0.717) is 5.91 Å².